The van der Waals surface area contributed by atoms with Gasteiger partial charge in [-0.1, -0.05) is 0 Å². The van der Waals surface area contributed by atoms with Gasteiger partial charge in [-0.15, -0.1) is 4.90 Å². The van der Waals surface area contributed by atoms with E-state index in [0.29, 0.717) is 0 Å². The average Bonchev–Trinajstić information content (AvgIpc) is 2.31. The molecule has 1 unspecified atom stereocenters. The van der Waals surface area contributed by atoms with Gasteiger partial charge in [0.1, 0.15) is 5.97 Å². The summed E-state index contributed by atoms with van der Waals surface area (Å²) in [6, 6.07) is -14.4. The van der Waals surface area contributed by atoms with Crippen LogP contribution in [-0.4, -0.2) is 46.8 Å². The number of hydrogen-bond acceptors (Lipinski definition) is 3. The predicted octanol–water partition coefficient (Wildman–Crippen LogP) is -1.26. The molecule has 0 amide bonds. The number of carbonyl (C=O) groups is 1. The van der Waals surface area contributed by atoms with E-state index >= 15 is 0 Å². The second kappa shape index (κ2) is 5.62. The van der Waals surface area contributed by atoms with Gasteiger partial charge in [0, 0.05) is 0 Å². The maximum atomic E-state index is 13.3. The molecular formula is C7F12KNO2. The van der Waals surface area contributed by atoms with Crippen LogP contribution in [0.4, 0.5) is 52.7 Å². The van der Waals surface area contributed by atoms with Crippen LogP contribution in [-0.2, 0) is 4.79 Å². The maximum Gasteiger partial charge on any atom is 1.00 e. The minimum atomic E-state index is -7.24. The zero-order chi connectivity index (χ0) is 18.2. The molecule has 0 aromatic heterocycles. The van der Waals surface area contributed by atoms with Crippen molar-refractivity contribution in [2.45, 2.75) is 35.9 Å². The summed E-state index contributed by atoms with van der Waals surface area (Å²) in [5.74, 6) is -25.9. The molecule has 1 heterocycles. The molecule has 0 N–H and O–H groups in total. The maximum absolute atomic E-state index is 13.3. The van der Waals surface area contributed by atoms with Gasteiger partial charge in [-0.25, -0.2) is 4.39 Å². The summed E-state index contributed by atoms with van der Waals surface area (Å²) >= 11 is 0. The molecule has 0 radical (unpaired) electrons. The number of nitrogens with zero attached hydrogens (tertiary/aromatic N) is 1. The molecule has 3 nitrogen and oxygen atoms in total. The predicted molar refractivity (Wildman–Crippen MR) is 36.5 cm³/mol. The summed E-state index contributed by atoms with van der Waals surface area (Å²) in [6.45, 7) is 0. The Hall–Kier alpha value is 0.226. The Labute approximate surface area is 160 Å². The van der Waals surface area contributed by atoms with Crippen molar-refractivity contribution in [2.24, 2.45) is 0 Å². The number of hydrogen-bond donors (Lipinski definition) is 0. The van der Waals surface area contributed by atoms with Crippen LogP contribution in [0, 0.1) is 0 Å². The first-order valence-corrected chi connectivity index (χ1v) is 4.60. The molecule has 0 aliphatic carbocycles. The number of rotatable bonds is 2. The Morgan fingerprint density at radius 2 is 1.04 bits per heavy atom. The molecule has 1 saturated heterocycles. The van der Waals surface area contributed by atoms with E-state index in [-0.39, 0.29) is 51.4 Å². The minimum Gasteiger partial charge on any atom is -0.545 e. The largest absolute Gasteiger partial charge is 1.00 e. The Bertz CT molecular complexity index is 478. The molecule has 0 spiro atoms. The number of likely N-dealkylation sites (tertiary alicyclic amines) is 1. The van der Waals surface area contributed by atoms with Gasteiger partial charge in [-0.3, -0.25) is 0 Å². The van der Waals surface area contributed by atoms with Gasteiger partial charge in [0.25, 0.3) is 0 Å². The normalized spacial score (nSPS) is 27.8. The SMILES string of the molecule is O=C([O-])C(F)(N1C(F)(F)C(F)(F)C(F)(F)C1(F)F)C(F)(F)F.[K+]. The molecule has 130 valence electrons. The van der Waals surface area contributed by atoms with Gasteiger partial charge in [-0.2, -0.15) is 48.3 Å². The fourth-order valence-corrected chi connectivity index (χ4v) is 1.56. The number of alkyl halides is 12. The summed E-state index contributed by atoms with van der Waals surface area (Å²) < 4.78 is 152. The first kappa shape index (κ1) is 23.2. The van der Waals surface area contributed by atoms with Crippen LogP contribution in [0.1, 0.15) is 0 Å². The monoisotopic (exact) mass is 397 g/mol. The molecule has 16 heteroatoms. The van der Waals surface area contributed by atoms with E-state index in [2.05, 4.69) is 0 Å². The summed E-state index contributed by atoms with van der Waals surface area (Å²) in [4.78, 5) is 6.31. The first-order valence-electron chi connectivity index (χ1n) is 4.60. The van der Waals surface area contributed by atoms with E-state index in [4.69, 9.17) is 0 Å². The quantitative estimate of drug-likeness (QED) is 0.332. The van der Waals surface area contributed by atoms with Gasteiger partial charge < -0.3 is 9.90 Å². The summed E-state index contributed by atoms with van der Waals surface area (Å²) in [5, 5.41) is 10.0. The Morgan fingerprint density at radius 3 is 1.22 bits per heavy atom. The van der Waals surface area contributed by atoms with E-state index in [1.807, 2.05) is 0 Å². The van der Waals surface area contributed by atoms with Crippen LogP contribution in [0.15, 0.2) is 0 Å². The molecule has 23 heavy (non-hydrogen) atoms. The zero-order valence-electron chi connectivity index (χ0n) is 10.3. The fourth-order valence-electron chi connectivity index (χ4n) is 1.56. The topological polar surface area (TPSA) is 43.4 Å². The van der Waals surface area contributed by atoms with Crippen molar-refractivity contribution in [1.82, 2.24) is 4.90 Å². The van der Waals surface area contributed by atoms with E-state index in [1.165, 1.54) is 0 Å². The van der Waals surface area contributed by atoms with Gasteiger partial charge in [0.15, 0.2) is 0 Å². The molecule has 0 aromatic rings. The summed E-state index contributed by atoms with van der Waals surface area (Å²) in [5.41, 5.74) is 0. The number of carbonyl (C=O) groups excluding carboxylic acids is 1. The zero-order valence-corrected chi connectivity index (χ0v) is 13.4. The third-order valence-electron chi connectivity index (χ3n) is 2.67. The number of halogens is 12. The van der Waals surface area contributed by atoms with Crippen LogP contribution in [0.5, 0.6) is 0 Å². The Morgan fingerprint density at radius 1 is 0.783 bits per heavy atom. The van der Waals surface area contributed by atoms with Gasteiger partial charge >= 0.3 is 87.3 Å². The van der Waals surface area contributed by atoms with Gasteiger partial charge in [0.05, 0.1) is 0 Å². The summed E-state index contributed by atoms with van der Waals surface area (Å²) in [7, 11) is 0. The molecule has 0 aromatic carbocycles. The molecule has 0 saturated carbocycles. The molecular weight excluding hydrogens is 397 g/mol. The van der Waals surface area contributed by atoms with E-state index < -0.39 is 46.8 Å². The fraction of sp³-hybridized carbons (Fsp3) is 0.857. The number of carboxylic acids is 1. The third kappa shape index (κ3) is 2.51. The molecule has 1 fully saturated rings. The Balaban J connectivity index is 0.00000484. The molecule has 1 aliphatic rings. The second-order valence-corrected chi connectivity index (χ2v) is 3.97. The van der Waals surface area contributed by atoms with Crippen molar-refractivity contribution in [3.05, 3.63) is 0 Å². The molecule has 1 aliphatic heterocycles. The number of aliphatic carboxylic acids is 1. The van der Waals surface area contributed by atoms with Crippen LogP contribution < -0.4 is 56.5 Å². The van der Waals surface area contributed by atoms with Crippen LogP contribution in [0.25, 0.3) is 0 Å². The van der Waals surface area contributed by atoms with E-state index in [9.17, 15) is 62.6 Å². The van der Waals surface area contributed by atoms with Crippen LogP contribution in [0.2, 0.25) is 0 Å². The Kier molecular flexibility index (Phi) is 5.67. The van der Waals surface area contributed by atoms with Gasteiger partial charge in [0.2, 0.25) is 0 Å². The second-order valence-electron chi connectivity index (χ2n) is 3.97. The first-order chi connectivity index (χ1) is 9.31. The van der Waals surface area contributed by atoms with Crippen LogP contribution >= 0.6 is 0 Å². The number of carboxylic acid groups (broad SMARTS) is 1. The average molecular weight is 397 g/mol. The van der Waals surface area contributed by atoms with Crippen molar-refractivity contribution in [3.8, 4) is 0 Å². The minimum absolute atomic E-state index is 0. The molecule has 1 atom stereocenters. The van der Waals surface area contributed by atoms with Crippen LogP contribution in [0.3, 0.4) is 0 Å². The van der Waals surface area contributed by atoms with Crippen molar-refractivity contribution in [1.29, 1.82) is 0 Å². The van der Waals surface area contributed by atoms with Gasteiger partial charge in [-0.05, 0) is 0 Å². The molecule has 1 rings (SSSR count). The van der Waals surface area contributed by atoms with Crippen molar-refractivity contribution in [3.63, 3.8) is 0 Å². The van der Waals surface area contributed by atoms with E-state index in [0.717, 1.165) is 0 Å². The smallest absolute Gasteiger partial charge is 0.545 e. The van der Waals surface area contributed by atoms with Crippen molar-refractivity contribution in [2.75, 3.05) is 0 Å². The summed E-state index contributed by atoms with van der Waals surface area (Å²) in [6.07, 6.45) is -7.24. The molecule has 0 bridgehead atoms. The third-order valence-corrected chi connectivity index (χ3v) is 2.67. The van der Waals surface area contributed by atoms with E-state index in [1.54, 1.807) is 0 Å². The standard InChI is InChI=1S/C7HF12NO2.K/c8-2(1(21)22,5(13,14)15)20-6(16,17)3(9,10)4(11,12)7(20,18)19;/h(H,21,22);/q;+1/p-1. The van der Waals surface area contributed by atoms with Crippen molar-refractivity contribution < 1.29 is 114 Å². The van der Waals surface area contributed by atoms with Crippen molar-refractivity contribution >= 4 is 5.97 Å².